The van der Waals surface area contributed by atoms with E-state index >= 15 is 0 Å². The van der Waals surface area contributed by atoms with Crippen LogP contribution in [0, 0.1) is 5.82 Å². The molecule has 0 N–H and O–H groups in total. The Kier molecular flexibility index (Phi) is 6.18. The fourth-order valence-electron chi connectivity index (χ4n) is 3.57. The first-order chi connectivity index (χ1) is 14.2. The Balaban J connectivity index is 2.21. The Labute approximate surface area is 181 Å². The highest BCUT2D eigenvalue weighted by Crippen LogP contribution is 2.47. The molecule has 1 aliphatic heterocycles. The van der Waals surface area contributed by atoms with E-state index < -0.39 is 35.4 Å². The second-order valence-corrected chi connectivity index (χ2v) is 14.0. The molecule has 6 nitrogen and oxygen atoms in total. The van der Waals surface area contributed by atoms with Gasteiger partial charge in [0.2, 0.25) is 0 Å². The third-order valence-electron chi connectivity index (χ3n) is 4.87. The summed E-state index contributed by atoms with van der Waals surface area (Å²) in [7, 11) is -8.81. The van der Waals surface area contributed by atoms with Crippen molar-refractivity contribution in [1.29, 1.82) is 0 Å². The van der Waals surface area contributed by atoms with Crippen LogP contribution in [-0.2, 0) is 27.2 Å². The van der Waals surface area contributed by atoms with E-state index in [1.165, 1.54) is 36.4 Å². The highest BCUT2D eigenvalue weighted by Gasteiger charge is 2.42. The molecule has 0 saturated carbocycles. The van der Waals surface area contributed by atoms with E-state index in [1.807, 2.05) is 27.7 Å². The molecule has 0 radical (unpaired) electrons. The predicted molar refractivity (Wildman–Crippen MR) is 117 cm³/mol. The first kappa shape index (κ1) is 23.6. The molecule has 1 aliphatic rings. The van der Waals surface area contributed by atoms with E-state index in [-0.39, 0.29) is 11.0 Å². The van der Waals surface area contributed by atoms with Crippen molar-refractivity contribution in [2.24, 2.45) is 0 Å². The molecule has 2 aromatic rings. The smallest absolute Gasteiger partial charge is 0.281 e. The molecule has 0 amide bonds. The van der Waals surface area contributed by atoms with Crippen LogP contribution >= 0.6 is 0 Å². The molecular weight excluding hydrogens is 443 g/mol. The van der Waals surface area contributed by atoms with E-state index in [0.717, 1.165) is 0 Å². The summed E-state index contributed by atoms with van der Waals surface area (Å²) >= 11 is 0. The van der Waals surface area contributed by atoms with Gasteiger partial charge in [0.15, 0.2) is 6.29 Å². The molecule has 31 heavy (non-hydrogen) atoms. The van der Waals surface area contributed by atoms with Crippen LogP contribution in [0.2, 0.25) is 0 Å². The Hall–Kier alpha value is -2.07. The van der Waals surface area contributed by atoms with Crippen LogP contribution in [-0.4, -0.2) is 41.1 Å². The second-order valence-electron chi connectivity index (χ2n) is 8.13. The molecule has 2 aromatic carbocycles. The van der Waals surface area contributed by atoms with Crippen molar-refractivity contribution in [2.45, 2.75) is 50.6 Å². The topological polar surface area (TPSA) is 86.7 Å². The maximum atomic E-state index is 14.0. The lowest BCUT2D eigenvalue weighted by Gasteiger charge is -2.24. The molecule has 1 unspecified atom stereocenters. The maximum Gasteiger partial charge on any atom is 0.281 e. The number of rotatable bonds is 6. The van der Waals surface area contributed by atoms with Crippen molar-refractivity contribution in [1.82, 2.24) is 0 Å². The van der Waals surface area contributed by atoms with Gasteiger partial charge in [0.05, 0.1) is 22.9 Å². The number of hydrogen-bond donors (Lipinski definition) is 0. The molecule has 0 bridgehead atoms. The predicted octanol–water partition coefficient (Wildman–Crippen LogP) is 4.03. The van der Waals surface area contributed by atoms with Crippen LogP contribution in [0.1, 0.15) is 38.8 Å². The van der Waals surface area contributed by atoms with Gasteiger partial charge in [0.25, 0.3) is 17.7 Å². The van der Waals surface area contributed by atoms with Gasteiger partial charge in [-0.05, 0) is 68.7 Å². The minimum absolute atomic E-state index is 0.161. The molecular formula is C22H25FO6S2. The number of halogens is 1. The normalized spacial score (nSPS) is 19.3. The molecule has 3 rings (SSSR count). The highest BCUT2D eigenvalue weighted by atomic mass is 33.2. The Morgan fingerprint density at radius 3 is 2.13 bits per heavy atom. The van der Waals surface area contributed by atoms with Gasteiger partial charge in [-0.25, -0.2) is 21.2 Å². The van der Waals surface area contributed by atoms with Crippen molar-refractivity contribution in [2.75, 3.05) is 6.26 Å². The number of benzene rings is 2. The number of hydrogen-bond acceptors (Lipinski definition) is 6. The quantitative estimate of drug-likeness (QED) is 0.595. The molecule has 0 saturated heterocycles. The zero-order chi connectivity index (χ0) is 23.2. The lowest BCUT2D eigenvalue weighted by molar-refractivity contribution is -0.155. The van der Waals surface area contributed by atoms with Crippen molar-refractivity contribution < 1.29 is 30.7 Å². The van der Waals surface area contributed by atoms with Crippen LogP contribution in [0.4, 0.5) is 4.39 Å². The van der Waals surface area contributed by atoms with Gasteiger partial charge in [-0.3, -0.25) is 0 Å². The first-order valence-electron chi connectivity index (χ1n) is 9.63. The molecule has 1 atom stereocenters. The summed E-state index contributed by atoms with van der Waals surface area (Å²) in [6.45, 7) is 7.41. The zero-order valence-electron chi connectivity index (χ0n) is 17.9. The summed E-state index contributed by atoms with van der Waals surface area (Å²) in [5, 5.41) is 0. The van der Waals surface area contributed by atoms with Crippen molar-refractivity contribution in [3.63, 3.8) is 0 Å². The van der Waals surface area contributed by atoms with Gasteiger partial charge in [0.1, 0.15) is 5.82 Å². The molecule has 0 spiro atoms. The summed E-state index contributed by atoms with van der Waals surface area (Å²) in [6.07, 6.45) is -0.264. The zero-order valence-corrected chi connectivity index (χ0v) is 19.6. The molecule has 9 heteroatoms. The van der Waals surface area contributed by atoms with Gasteiger partial charge >= 0.3 is 0 Å². The van der Waals surface area contributed by atoms with Crippen molar-refractivity contribution in [3.05, 3.63) is 65.5 Å². The van der Waals surface area contributed by atoms with Gasteiger partial charge in [-0.2, -0.15) is 0 Å². The standard InChI is InChI=1S/C22H25FO6S2/c1-14(2)28-21-19(16-7-6-8-17(23)13-16)20(22(3,4)29-21)15-9-11-18(12-10-15)31(26,27)30(5,24)25/h6-14,21H,1-5H3. The molecule has 168 valence electrons. The van der Waals surface area contributed by atoms with Crippen LogP contribution < -0.4 is 0 Å². The minimum atomic E-state index is -4.49. The lowest BCUT2D eigenvalue weighted by Crippen LogP contribution is -2.27. The van der Waals surface area contributed by atoms with Gasteiger partial charge in [-0.15, -0.1) is 0 Å². The summed E-state index contributed by atoms with van der Waals surface area (Å²) in [6, 6.07) is 11.6. The van der Waals surface area contributed by atoms with Crippen molar-refractivity contribution >= 4 is 28.9 Å². The molecule has 1 heterocycles. The Bertz CT molecular complexity index is 1230. The number of ether oxygens (including phenoxy) is 2. The van der Waals surface area contributed by atoms with Crippen LogP contribution in [0.3, 0.4) is 0 Å². The van der Waals surface area contributed by atoms with Gasteiger partial charge in [0, 0.05) is 5.57 Å². The average Bonchev–Trinajstić information content (AvgIpc) is 2.90. The molecule has 0 aromatic heterocycles. The summed E-state index contributed by atoms with van der Waals surface area (Å²) in [5.74, 6) is -0.410. The summed E-state index contributed by atoms with van der Waals surface area (Å²) < 4.78 is 73.8. The van der Waals surface area contributed by atoms with E-state index in [0.29, 0.717) is 28.5 Å². The van der Waals surface area contributed by atoms with E-state index in [4.69, 9.17) is 9.47 Å². The van der Waals surface area contributed by atoms with Gasteiger partial charge < -0.3 is 9.47 Å². The summed E-state index contributed by atoms with van der Waals surface area (Å²) in [4.78, 5) is -0.321. The van der Waals surface area contributed by atoms with Gasteiger partial charge in [-0.1, -0.05) is 24.3 Å². The third kappa shape index (κ3) is 4.59. The van der Waals surface area contributed by atoms with E-state index in [2.05, 4.69) is 0 Å². The third-order valence-corrected chi connectivity index (χ3v) is 9.49. The second kappa shape index (κ2) is 8.12. The van der Waals surface area contributed by atoms with Crippen LogP contribution in [0.5, 0.6) is 0 Å². The SMILES string of the molecule is CC(C)OC1OC(C)(C)C(c2ccc(S(=O)(=O)S(C)(=O)=O)cc2)=C1c1cccc(F)c1. The lowest BCUT2D eigenvalue weighted by atomic mass is 9.86. The Morgan fingerprint density at radius 2 is 1.61 bits per heavy atom. The molecule has 0 aliphatic carbocycles. The fraction of sp³-hybridized carbons (Fsp3) is 0.364. The average molecular weight is 469 g/mol. The first-order valence-corrected chi connectivity index (χ1v) is 13.5. The van der Waals surface area contributed by atoms with Crippen molar-refractivity contribution in [3.8, 4) is 0 Å². The largest absolute Gasteiger partial charge is 0.346 e. The Morgan fingerprint density at radius 1 is 1.00 bits per heavy atom. The van der Waals surface area contributed by atoms with Crippen LogP contribution in [0.25, 0.3) is 11.1 Å². The molecule has 0 fully saturated rings. The summed E-state index contributed by atoms with van der Waals surface area (Å²) in [5.41, 5.74) is 1.70. The van der Waals surface area contributed by atoms with E-state index in [9.17, 15) is 21.2 Å². The highest BCUT2D eigenvalue weighted by molar-refractivity contribution is 8.66. The monoisotopic (exact) mass is 468 g/mol. The minimum Gasteiger partial charge on any atom is -0.346 e. The van der Waals surface area contributed by atoms with Crippen LogP contribution in [0.15, 0.2) is 53.4 Å². The maximum absolute atomic E-state index is 14.0. The van der Waals surface area contributed by atoms with E-state index in [1.54, 1.807) is 12.1 Å². The fourth-order valence-corrected chi connectivity index (χ4v) is 5.77.